The summed E-state index contributed by atoms with van der Waals surface area (Å²) in [6.07, 6.45) is 5.37. The second-order valence-corrected chi connectivity index (χ2v) is 5.71. The number of nitrogens with one attached hydrogen (secondary N) is 1. The van der Waals surface area contributed by atoms with Crippen LogP contribution in [0.15, 0.2) is 24.3 Å². The maximum atomic E-state index is 12.6. The molecular weight excluding hydrogens is 272 g/mol. The predicted molar refractivity (Wildman–Crippen MR) is 80.5 cm³/mol. The zero-order valence-electron chi connectivity index (χ0n) is 12.5. The van der Waals surface area contributed by atoms with Gasteiger partial charge in [0.2, 0.25) is 0 Å². The maximum absolute atomic E-state index is 12.6. The Morgan fingerprint density at radius 3 is 2.76 bits per heavy atom. The fraction of sp³-hybridized carbons (Fsp3) is 0.647. The Labute approximate surface area is 125 Å². The molecule has 1 saturated carbocycles. The minimum Gasteiger partial charge on any atom is -0.378 e. The maximum Gasteiger partial charge on any atom is 0.263 e. The predicted octanol–water partition coefficient (Wildman–Crippen LogP) is 4.45. The molecule has 0 radical (unpaired) electrons. The molecule has 0 bridgehead atoms. The number of halogens is 2. The summed E-state index contributed by atoms with van der Waals surface area (Å²) in [4.78, 5) is 0. The monoisotopic (exact) mass is 297 g/mol. The van der Waals surface area contributed by atoms with Gasteiger partial charge in [0.25, 0.3) is 6.43 Å². The second kappa shape index (κ2) is 9.11. The van der Waals surface area contributed by atoms with Gasteiger partial charge in [-0.05, 0) is 37.4 Å². The van der Waals surface area contributed by atoms with Crippen LogP contribution in [0, 0.1) is 0 Å². The minimum atomic E-state index is -2.39. The third kappa shape index (κ3) is 6.10. The van der Waals surface area contributed by atoms with Crippen LogP contribution >= 0.6 is 0 Å². The van der Waals surface area contributed by atoms with Crippen molar-refractivity contribution in [3.05, 3.63) is 35.4 Å². The molecule has 1 aromatic rings. The first-order valence-electron chi connectivity index (χ1n) is 7.95. The van der Waals surface area contributed by atoms with Gasteiger partial charge in [0.05, 0.1) is 6.10 Å². The van der Waals surface area contributed by atoms with E-state index >= 15 is 0 Å². The van der Waals surface area contributed by atoms with Crippen molar-refractivity contribution in [1.82, 2.24) is 5.32 Å². The van der Waals surface area contributed by atoms with Gasteiger partial charge in [0, 0.05) is 18.7 Å². The van der Waals surface area contributed by atoms with Crippen LogP contribution in [-0.2, 0) is 11.3 Å². The van der Waals surface area contributed by atoms with Crippen molar-refractivity contribution in [2.45, 2.75) is 57.6 Å². The molecule has 1 N–H and O–H groups in total. The van der Waals surface area contributed by atoms with E-state index in [9.17, 15) is 8.78 Å². The molecule has 21 heavy (non-hydrogen) atoms. The highest BCUT2D eigenvalue weighted by Gasteiger charge is 2.12. The summed E-state index contributed by atoms with van der Waals surface area (Å²) >= 11 is 0. The van der Waals surface area contributed by atoms with Crippen molar-refractivity contribution >= 4 is 0 Å². The number of benzene rings is 1. The Bertz CT molecular complexity index is 406. The Kier molecular flexibility index (Phi) is 7.10. The van der Waals surface area contributed by atoms with Crippen molar-refractivity contribution in [3.8, 4) is 0 Å². The van der Waals surface area contributed by atoms with Crippen LogP contribution in [0.2, 0.25) is 0 Å². The van der Waals surface area contributed by atoms with E-state index in [-0.39, 0.29) is 5.56 Å². The summed E-state index contributed by atoms with van der Waals surface area (Å²) in [6.45, 7) is 2.27. The summed E-state index contributed by atoms with van der Waals surface area (Å²) in [5.74, 6) is 0. The molecule has 1 aliphatic rings. The van der Waals surface area contributed by atoms with Crippen molar-refractivity contribution in [2.24, 2.45) is 0 Å². The molecular formula is C17H25F2NO. The topological polar surface area (TPSA) is 21.3 Å². The highest BCUT2D eigenvalue weighted by Crippen LogP contribution is 2.20. The van der Waals surface area contributed by atoms with E-state index in [1.165, 1.54) is 38.2 Å². The molecule has 118 valence electrons. The number of ether oxygens (including phenoxy) is 1. The van der Waals surface area contributed by atoms with Crippen molar-refractivity contribution in [2.75, 3.05) is 13.2 Å². The lowest BCUT2D eigenvalue weighted by Gasteiger charge is -2.21. The Balaban J connectivity index is 1.56. The third-order valence-corrected chi connectivity index (χ3v) is 3.94. The summed E-state index contributed by atoms with van der Waals surface area (Å²) in [7, 11) is 0. The van der Waals surface area contributed by atoms with E-state index in [2.05, 4.69) is 5.32 Å². The average molecular weight is 297 g/mol. The van der Waals surface area contributed by atoms with Gasteiger partial charge in [-0.25, -0.2) is 8.78 Å². The zero-order chi connectivity index (χ0) is 14.9. The van der Waals surface area contributed by atoms with Gasteiger partial charge < -0.3 is 10.1 Å². The summed E-state index contributed by atoms with van der Waals surface area (Å²) in [5, 5.41) is 3.28. The zero-order valence-corrected chi connectivity index (χ0v) is 12.5. The Hall–Kier alpha value is -1.00. The quantitative estimate of drug-likeness (QED) is 0.716. The van der Waals surface area contributed by atoms with Crippen LogP contribution in [0.5, 0.6) is 0 Å². The molecule has 0 saturated heterocycles. The number of hydrogen-bond donors (Lipinski definition) is 1. The molecule has 2 nitrogen and oxygen atoms in total. The van der Waals surface area contributed by atoms with Gasteiger partial charge in [-0.1, -0.05) is 37.5 Å². The fourth-order valence-corrected chi connectivity index (χ4v) is 2.75. The highest BCUT2D eigenvalue weighted by molar-refractivity contribution is 5.24. The lowest BCUT2D eigenvalue weighted by Crippen LogP contribution is -2.20. The molecule has 0 amide bonds. The summed E-state index contributed by atoms with van der Waals surface area (Å²) < 4.78 is 31.0. The van der Waals surface area contributed by atoms with Gasteiger partial charge in [0.1, 0.15) is 0 Å². The Morgan fingerprint density at radius 2 is 2.00 bits per heavy atom. The van der Waals surface area contributed by atoms with Gasteiger partial charge >= 0.3 is 0 Å². The number of rotatable bonds is 8. The highest BCUT2D eigenvalue weighted by atomic mass is 19.3. The first-order valence-corrected chi connectivity index (χ1v) is 7.95. The molecule has 0 heterocycles. The lowest BCUT2D eigenvalue weighted by molar-refractivity contribution is 0.0273. The minimum absolute atomic E-state index is 0.0925. The SMILES string of the molecule is FC(F)c1cccc(CNCCCOC2CCCCC2)c1. The van der Waals surface area contributed by atoms with Crippen LogP contribution in [0.4, 0.5) is 8.78 Å². The third-order valence-electron chi connectivity index (χ3n) is 3.94. The van der Waals surface area contributed by atoms with Crippen LogP contribution in [0.3, 0.4) is 0 Å². The van der Waals surface area contributed by atoms with Crippen LogP contribution in [-0.4, -0.2) is 19.3 Å². The second-order valence-electron chi connectivity index (χ2n) is 5.71. The van der Waals surface area contributed by atoms with E-state index in [4.69, 9.17) is 4.74 Å². The van der Waals surface area contributed by atoms with Crippen LogP contribution in [0.1, 0.15) is 56.1 Å². The molecule has 0 unspecified atom stereocenters. The molecule has 0 aliphatic heterocycles. The largest absolute Gasteiger partial charge is 0.378 e. The van der Waals surface area contributed by atoms with E-state index in [1.807, 2.05) is 6.07 Å². The number of alkyl halides is 2. The smallest absolute Gasteiger partial charge is 0.263 e. The summed E-state index contributed by atoms with van der Waals surface area (Å²) in [6, 6.07) is 6.59. The average Bonchev–Trinajstić information content (AvgIpc) is 2.52. The molecule has 2 rings (SSSR count). The van der Waals surface area contributed by atoms with Crippen molar-refractivity contribution in [3.63, 3.8) is 0 Å². The van der Waals surface area contributed by atoms with E-state index in [0.29, 0.717) is 12.6 Å². The van der Waals surface area contributed by atoms with Gasteiger partial charge in [-0.15, -0.1) is 0 Å². The normalized spacial score (nSPS) is 16.5. The molecule has 0 spiro atoms. The van der Waals surface area contributed by atoms with Gasteiger partial charge in [-0.2, -0.15) is 0 Å². The van der Waals surface area contributed by atoms with E-state index in [1.54, 1.807) is 12.1 Å². The molecule has 1 aromatic carbocycles. The molecule has 1 fully saturated rings. The lowest BCUT2D eigenvalue weighted by atomic mass is 9.98. The van der Waals surface area contributed by atoms with Crippen LogP contribution in [0.25, 0.3) is 0 Å². The standard InChI is InChI=1S/C17H25F2NO/c18-17(19)15-7-4-6-14(12-15)13-20-10-5-11-21-16-8-2-1-3-9-16/h4,6-7,12,16-17,20H,1-3,5,8-11,13H2. The van der Waals surface area contributed by atoms with E-state index < -0.39 is 6.43 Å². The van der Waals surface area contributed by atoms with E-state index in [0.717, 1.165) is 25.1 Å². The molecule has 0 aromatic heterocycles. The molecule has 0 atom stereocenters. The van der Waals surface area contributed by atoms with Crippen molar-refractivity contribution in [1.29, 1.82) is 0 Å². The first kappa shape index (κ1) is 16.4. The van der Waals surface area contributed by atoms with Crippen molar-refractivity contribution < 1.29 is 13.5 Å². The molecule has 4 heteroatoms. The van der Waals surface area contributed by atoms with Gasteiger partial charge in [-0.3, -0.25) is 0 Å². The first-order chi connectivity index (χ1) is 10.3. The number of hydrogen-bond acceptors (Lipinski definition) is 2. The van der Waals surface area contributed by atoms with Crippen LogP contribution < -0.4 is 5.32 Å². The Morgan fingerprint density at radius 1 is 1.19 bits per heavy atom. The van der Waals surface area contributed by atoms with Gasteiger partial charge in [0.15, 0.2) is 0 Å². The molecule has 1 aliphatic carbocycles. The summed E-state index contributed by atoms with van der Waals surface area (Å²) in [5.41, 5.74) is 0.996. The fourth-order valence-electron chi connectivity index (χ4n) is 2.75.